The zero-order chi connectivity index (χ0) is 11.6. The third kappa shape index (κ3) is 3.30. The van der Waals surface area contributed by atoms with Crippen molar-refractivity contribution in [3.05, 3.63) is 0 Å². The van der Waals surface area contributed by atoms with Gasteiger partial charge in [0.25, 0.3) is 0 Å². The van der Waals surface area contributed by atoms with Crippen molar-refractivity contribution in [2.75, 3.05) is 0 Å². The van der Waals surface area contributed by atoms with Crippen LogP contribution in [0.3, 0.4) is 0 Å². The lowest BCUT2D eigenvalue weighted by Gasteiger charge is -2.34. The van der Waals surface area contributed by atoms with Gasteiger partial charge >= 0.3 is 0 Å². The van der Waals surface area contributed by atoms with E-state index >= 15 is 0 Å². The molecule has 0 saturated heterocycles. The molecular formula is C13H24O2. The summed E-state index contributed by atoms with van der Waals surface area (Å²) < 4.78 is 0. The standard InChI is InChI=1S/C13H24O2/c1-9(2)13(4,15)8-11-7-10(3)5-6-12(11)14/h9-11,15H,5-8H2,1-4H3. The minimum absolute atomic E-state index is 0.0890. The van der Waals surface area contributed by atoms with E-state index in [9.17, 15) is 9.90 Å². The van der Waals surface area contributed by atoms with Gasteiger partial charge < -0.3 is 5.11 Å². The first-order chi connectivity index (χ1) is 6.83. The van der Waals surface area contributed by atoms with Crippen molar-refractivity contribution in [3.63, 3.8) is 0 Å². The fourth-order valence-electron chi connectivity index (χ4n) is 2.26. The minimum atomic E-state index is -0.697. The zero-order valence-corrected chi connectivity index (χ0v) is 10.4. The van der Waals surface area contributed by atoms with Gasteiger partial charge in [-0.05, 0) is 38.0 Å². The SMILES string of the molecule is CC1CCC(=O)C(CC(C)(O)C(C)C)C1. The summed E-state index contributed by atoms with van der Waals surface area (Å²) in [7, 11) is 0. The molecule has 88 valence electrons. The van der Waals surface area contributed by atoms with Crippen molar-refractivity contribution in [3.8, 4) is 0 Å². The van der Waals surface area contributed by atoms with Crippen LogP contribution in [0.1, 0.15) is 53.4 Å². The lowest BCUT2D eigenvalue weighted by Crippen LogP contribution is -2.37. The number of carbonyl (C=O) groups excluding carboxylic acids is 1. The van der Waals surface area contributed by atoms with E-state index in [-0.39, 0.29) is 11.8 Å². The first-order valence-corrected chi connectivity index (χ1v) is 6.08. The zero-order valence-electron chi connectivity index (χ0n) is 10.4. The number of hydrogen-bond acceptors (Lipinski definition) is 2. The summed E-state index contributed by atoms with van der Waals surface area (Å²) in [6, 6.07) is 0. The molecule has 0 aromatic carbocycles. The van der Waals surface area contributed by atoms with Crippen LogP contribution < -0.4 is 0 Å². The Balaban J connectivity index is 2.59. The normalized spacial score (nSPS) is 31.7. The highest BCUT2D eigenvalue weighted by Crippen LogP contribution is 2.34. The Hall–Kier alpha value is -0.370. The molecule has 15 heavy (non-hydrogen) atoms. The van der Waals surface area contributed by atoms with Crippen LogP contribution in [0.5, 0.6) is 0 Å². The van der Waals surface area contributed by atoms with Crippen LogP contribution in [0.15, 0.2) is 0 Å². The number of ketones is 1. The van der Waals surface area contributed by atoms with E-state index in [2.05, 4.69) is 6.92 Å². The van der Waals surface area contributed by atoms with Gasteiger partial charge in [-0.1, -0.05) is 20.8 Å². The maximum Gasteiger partial charge on any atom is 0.136 e. The highest BCUT2D eigenvalue weighted by Gasteiger charge is 2.34. The smallest absolute Gasteiger partial charge is 0.136 e. The molecule has 3 atom stereocenters. The third-order valence-electron chi connectivity index (χ3n) is 3.93. The van der Waals surface area contributed by atoms with E-state index in [4.69, 9.17) is 0 Å². The molecular weight excluding hydrogens is 188 g/mol. The lowest BCUT2D eigenvalue weighted by atomic mass is 9.74. The monoisotopic (exact) mass is 212 g/mol. The Morgan fingerprint density at radius 1 is 1.53 bits per heavy atom. The van der Waals surface area contributed by atoms with Crippen molar-refractivity contribution in [2.45, 2.75) is 59.0 Å². The topological polar surface area (TPSA) is 37.3 Å². The number of Topliss-reactive ketones (excluding diaryl/α,β-unsaturated/α-hetero) is 1. The number of carbonyl (C=O) groups is 1. The number of rotatable bonds is 3. The predicted molar refractivity (Wildman–Crippen MR) is 61.6 cm³/mol. The van der Waals surface area contributed by atoms with Crippen molar-refractivity contribution in [2.24, 2.45) is 17.8 Å². The Bertz CT molecular complexity index is 231. The summed E-state index contributed by atoms with van der Waals surface area (Å²) in [5, 5.41) is 10.2. The summed E-state index contributed by atoms with van der Waals surface area (Å²) >= 11 is 0. The summed E-state index contributed by atoms with van der Waals surface area (Å²) in [6.45, 7) is 8.07. The van der Waals surface area contributed by atoms with Crippen molar-refractivity contribution in [1.82, 2.24) is 0 Å². The molecule has 1 aliphatic rings. The molecule has 1 rings (SSSR count). The quantitative estimate of drug-likeness (QED) is 0.781. The third-order valence-corrected chi connectivity index (χ3v) is 3.93. The molecule has 0 spiro atoms. The average molecular weight is 212 g/mol. The maximum atomic E-state index is 11.7. The highest BCUT2D eigenvalue weighted by atomic mass is 16.3. The maximum absolute atomic E-state index is 11.7. The fraction of sp³-hybridized carbons (Fsp3) is 0.923. The molecule has 2 heteroatoms. The van der Waals surface area contributed by atoms with Crippen molar-refractivity contribution < 1.29 is 9.90 Å². The molecule has 1 fully saturated rings. The second-order valence-electron chi connectivity index (χ2n) is 5.76. The molecule has 0 aromatic rings. The van der Waals surface area contributed by atoms with Crippen molar-refractivity contribution >= 4 is 5.78 Å². The molecule has 3 unspecified atom stereocenters. The van der Waals surface area contributed by atoms with Gasteiger partial charge in [-0.2, -0.15) is 0 Å². The van der Waals surface area contributed by atoms with Crippen LogP contribution in [-0.2, 0) is 4.79 Å². The summed E-state index contributed by atoms with van der Waals surface area (Å²) in [4.78, 5) is 11.7. The van der Waals surface area contributed by atoms with Gasteiger partial charge in [0, 0.05) is 12.3 Å². The predicted octanol–water partition coefficient (Wildman–Crippen LogP) is 2.79. The van der Waals surface area contributed by atoms with Crippen LogP contribution in [0.2, 0.25) is 0 Å². The summed E-state index contributed by atoms with van der Waals surface area (Å²) in [5.41, 5.74) is -0.697. The largest absolute Gasteiger partial charge is 0.390 e. The Morgan fingerprint density at radius 3 is 2.67 bits per heavy atom. The summed E-state index contributed by atoms with van der Waals surface area (Å²) in [5.74, 6) is 1.29. The van der Waals surface area contributed by atoms with E-state index in [1.807, 2.05) is 20.8 Å². The van der Waals surface area contributed by atoms with Gasteiger partial charge in [-0.15, -0.1) is 0 Å². The van der Waals surface area contributed by atoms with E-state index in [0.29, 0.717) is 24.5 Å². The summed E-state index contributed by atoms with van der Waals surface area (Å²) in [6.07, 6.45) is 3.33. The Morgan fingerprint density at radius 2 is 2.13 bits per heavy atom. The van der Waals surface area contributed by atoms with Gasteiger partial charge in [0.05, 0.1) is 5.60 Å². The molecule has 1 saturated carbocycles. The lowest BCUT2D eigenvalue weighted by molar-refractivity contribution is -0.128. The highest BCUT2D eigenvalue weighted by molar-refractivity contribution is 5.81. The van der Waals surface area contributed by atoms with E-state index in [1.54, 1.807) is 0 Å². The van der Waals surface area contributed by atoms with Crippen LogP contribution in [0.25, 0.3) is 0 Å². The molecule has 1 N–H and O–H groups in total. The second-order valence-corrected chi connectivity index (χ2v) is 5.76. The molecule has 0 aliphatic heterocycles. The van der Waals surface area contributed by atoms with Gasteiger partial charge in [-0.25, -0.2) is 0 Å². The van der Waals surface area contributed by atoms with Crippen molar-refractivity contribution in [1.29, 1.82) is 0 Å². The van der Waals surface area contributed by atoms with E-state index < -0.39 is 5.60 Å². The van der Waals surface area contributed by atoms with E-state index in [1.165, 1.54) is 0 Å². The van der Waals surface area contributed by atoms with Crippen LogP contribution >= 0.6 is 0 Å². The first kappa shape index (κ1) is 12.7. The van der Waals surface area contributed by atoms with Crippen LogP contribution in [-0.4, -0.2) is 16.5 Å². The molecule has 0 amide bonds. The Labute approximate surface area is 93.1 Å². The average Bonchev–Trinajstić information content (AvgIpc) is 2.10. The number of aliphatic hydroxyl groups is 1. The van der Waals surface area contributed by atoms with E-state index in [0.717, 1.165) is 12.8 Å². The van der Waals surface area contributed by atoms with Gasteiger partial charge in [-0.3, -0.25) is 4.79 Å². The van der Waals surface area contributed by atoms with Crippen LogP contribution in [0, 0.1) is 17.8 Å². The van der Waals surface area contributed by atoms with Gasteiger partial charge in [0.1, 0.15) is 5.78 Å². The minimum Gasteiger partial charge on any atom is -0.390 e. The number of hydrogen-bond donors (Lipinski definition) is 1. The molecule has 1 aliphatic carbocycles. The molecule has 0 radical (unpaired) electrons. The molecule has 0 aromatic heterocycles. The molecule has 2 nitrogen and oxygen atoms in total. The van der Waals surface area contributed by atoms with Gasteiger partial charge in [0.15, 0.2) is 0 Å². The first-order valence-electron chi connectivity index (χ1n) is 6.08. The fourth-order valence-corrected chi connectivity index (χ4v) is 2.26. The van der Waals surface area contributed by atoms with Crippen LogP contribution in [0.4, 0.5) is 0 Å². The molecule has 0 heterocycles. The Kier molecular flexibility index (Phi) is 3.93. The second kappa shape index (κ2) is 4.65. The molecule has 0 bridgehead atoms. The van der Waals surface area contributed by atoms with Gasteiger partial charge in [0.2, 0.25) is 0 Å².